The summed E-state index contributed by atoms with van der Waals surface area (Å²) < 4.78 is 25.0. The number of hydrogen-bond acceptors (Lipinski definition) is 5. The summed E-state index contributed by atoms with van der Waals surface area (Å²) in [5.74, 6) is -0.563. The van der Waals surface area contributed by atoms with Crippen molar-refractivity contribution in [2.24, 2.45) is 0 Å². The molecule has 1 aromatic heterocycles. The molecule has 0 aliphatic carbocycles. The van der Waals surface area contributed by atoms with E-state index >= 15 is 0 Å². The second-order valence-corrected chi connectivity index (χ2v) is 7.51. The Balaban J connectivity index is 1.87. The lowest BCUT2D eigenvalue weighted by Crippen LogP contribution is -2.27. The largest absolute Gasteiger partial charge is 0.351 e. The molecule has 3 N–H and O–H groups in total. The molecule has 2 aromatic rings. The third-order valence-corrected chi connectivity index (χ3v) is 4.19. The Labute approximate surface area is 144 Å². The van der Waals surface area contributed by atoms with Crippen LogP contribution in [0.4, 0.5) is 11.4 Å². The molecule has 0 aliphatic rings. The summed E-state index contributed by atoms with van der Waals surface area (Å²) in [6.07, 6.45) is 1.11. The SMILES string of the molecule is CS(=O)(=O)Nc1ccccc1NC(=O)CCNC(=O)c1ccsc1. The van der Waals surface area contributed by atoms with Crippen molar-refractivity contribution >= 4 is 44.5 Å². The highest BCUT2D eigenvalue weighted by molar-refractivity contribution is 7.92. The van der Waals surface area contributed by atoms with Crippen LogP contribution < -0.4 is 15.4 Å². The molecule has 2 rings (SSSR count). The zero-order chi connectivity index (χ0) is 17.6. The first-order valence-electron chi connectivity index (χ1n) is 7.02. The first-order chi connectivity index (χ1) is 11.3. The molecule has 0 fully saturated rings. The van der Waals surface area contributed by atoms with Crippen molar-refractivity contribution < 1.29 is 18.0 Å². The van der Waals surface area contributed by atoms with Gasteiger partial charge in [-0.05, 0) is 23.6 Å². The monoisotopic (exact) mass is 367 g/mol. The van der Waals surface area contributed by atoms with Crippen molar-refractivity contribution in [2.45, 2.75) is 6.42 Å². The molecule has 0 saturated heterocycles. The third kappa shape index (κ3) is 5.67. The van der Waals surface area contributed by atoms with E-state index in [1.165, 1.54) is 11.3 Å². The molecule has 0 saturated carbocycles. The average molecular weight is 367 g/mol. The number of anilines is 2. The summed E-state index contributed by atoms with van der Waals surface area (Å²) in [5, 5.41) is 8.80. The van der Waals surface area contributed by atoms with Crippen molar-refractivity contribution in [3.05, 3.63) is 46.7 Å². The van der Waals surface area contributed by atoms with Gasteiger partial charge in [0, 0.05) is 23.9 Å². The Morgan fingerprint density at radius 3 is 2.46 bits per heavy atom. The molecule has 0 radical (unpaired) electrons. The van der Waals surface area contributed by atoms with Crippen molar-refractivity contribution in [1.29, 1.82) is 0 Å². The highest BCUT2D eigenvalue weighted by Crippen LogP contribution is 2.21. The number of nitrogens with one attached hydrogen (secondary N) is 3. The summed E-state index contributed by atoms with van der Waals surface area (Å²) >= 11 is 1.42. The standard InChI is InChI=1S/C15H17N3O4S2/c1-24(21,22)18-13-5-3-2-4-12(13)17-14(19)6-8-16-15(20)11-7-9-23-10-11/h2-5,7,9-10,18H,6,8H2,1H3,(H,16,20)(H,17,19). The van der Waals surface area contributed by atoms with Gasteiger partial charge in [0.2, 0.25) is 15.9 Å². The van der Waals surface area contributed by atoms with Crippen molar-refractivity contribution in [3.63, 3.8) is 0 Å². The Hall–Kier alpha value is -2.39. The topological polar surface area (TPSA) is 104 Å². The highest BCUT2D eigenvalue weighted by atomic mass is 32.2. The highest BCUT2D eigenvalue weighted by Gasteiger charge is 2.11. The van der Waals surface area contributed by atoms with Crippen LogP contribution in [0.1, 0.15) is 16.8 Å². The molecule has 0 spiro atoms. The molecule has 0 atom stereocenters. The molecular formula is C15H17N3O4S2. The van der Waals surface area contributed by atoms with Gasteiger partial charge in [0.05, 0.1) is 17.6 Å². The van der Waals surface area contributed by atoms with E-state index in [-0.39, 0.29) is 30.5 Å². The molecule has 0 aliphatic heterocycles. The van der Waals surface area contributed by atoms with E-state index in [2.05, 4.69) is 15.4 Å². The minimum atomic E-state index is -3.45. The molecule has 0 bridgehead atoms. The predicted octanol–water partition coefficient (Wildman–Crippen LogP) is 1.88. The van der Waals surface area contributed by atoms with Gasteiger partial charge in [-0.3, -0.25) is 14.3 Å². The van der Waals surface area contributed by atoms with Crippen molar-refractivity contribution in [2.75, 3.05) is 22.8 Å². The molecule has 1 heterocycles. The number of carbonyl (C=O) groups excluding carboxylic acids is 2. The maximum atomic E-state index is 12.0. The number of rotatable bonds is 7. The zero-order valence-electron chi connectivity index (χ0n) is 12.9. The van der Waals surface area contributed by atoms with Gasteiger partial charge in [-0.25, -0.2) is 8.42 Å². The van der Waals surface area contributed by atoms with Crippen LogP contribution in [0, 0.1) is 0 Å². The zero-order valence-corrected chi connectivity index (χ0v) is 14.5. The van der Waals surface area contributed by atoms with E-state index in [9.17, 15) is 18.0 Å². The molecule has 0 unspecified atom stereocenters. The molecule has 9 heteroatoms. The van der Waals surface area contributed by atoms with Crippen molar-refractivity contribution in [1.82, 2.24) is 5.32 Å². The minimum Gasteiger partial charge on any atom is -0.351 e. The maximum absolute atomic E-state index is 12.0. The van der Waals surface area contributed by atoms with Gasteiger partial charge in [-0.15, -0.1) is 0 Å². The fourth-order valence-corrected chi connectivity index (χ4v) is 3.09. The Kier molecular flexibility index (Phi) is 5.93. The normalized spacial score (nSPS) is 10.9. The fraction of sp³-hybridized carbons (Fsp3) is 0.200. The van der Waals surface area contributed by atoms with Gasteiger partial charge in [0.15, 0.2) is 0 Å². The van der Waals surface area contributed by atoms with Gasteiger partial charge in [0.1, 0.15) is 0 Å². The number of sulfonamides is 1. The average Bonchev–Trinajstić information content (AvgIpc) is 3.02. The number of benzene rings is 1. The fourth-order valence-electron chi connectivity index (χ4n) is 1.88. The van der Waals surface area contributed by atoms with Crippen LogP contribution in [0.15, 0.2) is 41.1 Å². The summed E-state index contributed by atoms with van der Waals surface area (Å²) in [6.45, 7) is 0.183. The van der Waals surface area contributed by atoms with E-state index < -0.39 is 10.0 Å². The minimum absolute atomic E-state index is 0.0725. The second kappa shape index (κ2) is 7.93. The number of hydrogen-bond donors (Lipinski definition) is 3. The lowest BCUT2D eigenvalue weighted by molar-refractivity contribution is -0.116. The van der Waals surface area contributed by atoms with E-state index in [4.69, 9.17) is 0 Å². The first-order valence-corrected chi connectivity index (χ1v) is 9.85. The van der Waals surface area contributed by atoms with Crippen LogP contribution in [0.3, 0.4) is 0 Å². The maximum Gasteiger partial charge on any atom is 0.252 e. The van der Waals surface area contributed by atoms with E-state index in [0.717, 1.165) is 6.26 Å². The number of thiophene rings is 1. The van der Waals surface area contributed by atoms with E-state index in [1.54, 1.807) is 41.1 Å². The summed E-state index contributed by atoms with van der Waals surface area (Å²) in [5.41, 5.74) is 1.20. The lowest BCUT2D eigenvalue weighted by Gasteiger charge is -2.12. The third-order valence-electron chi connectivity index (χ3n) is 2.92. The molecule has 128 valence electrons. The van der Waals surface area contributed by atoms with Crippen LogP contribution in [0.25, 0.3) is 0 Å². The summed E-state index contributed by atoms with van der Waals surface area (Å²) in [6, 6.07) is 8.18. The molecule has 7 nitrogen and oxygen atoms in total. The van der Waals surface area contributed by atoms with Crippen LogP contribution >= 0.6 is 11.3 Å². The van der Waals surface area contributed by atoms with Gasteiger partial charge >= 0.3 is 0 Å². The van der Waals surface area contributed by atoms with E-state index in [0.29, 0.717) is 11.3 Å². The first kappa shape index (κ1) is 18.0. The van der Waals surface area contributed by atoms with Crippen LogP contribution in [-0.4, -0.2) is 33.0 Å². The quantitative estimate of drug-likeness (QED) is 0.695. The molecular weight excluding hydrogens is 350 g/mol. The number of carbonyl (C=O) groups is 2. The second-order valence-electron chi connectivity index (χ2n) is 4.99. The van der Waals surface area contributed by atoms with Gasteiger partial charge < -0.3 is 10.6 Å². The molecule has 1 aromatic carbocycles. The smallest absolute Gasteiger partial charge is 0.252 e. The summed E-state index contributed by atoms with van der Waals surface area (Å²) in [4.78, 5) is 23.7. The van der Waals surface area contributed by atoms with E-state index in [1.807, 2.05) is 0 Å². The Bertz CT molecular complexity index is 817. The van der Waals surface area contributed by atoms with Crippen LogP contribution in [0.5, 0.6) is 0 Å². The Morgan fingerprint density at radius 2 is 1.83 bits per heavy atom. The Morgan fingerprint density at radius 1 is 1.12 bits per heavy atom. The lowest BCUT2D eigenvalue weighted by atomic mass is 10.2. The molecule has 24 heavy (non-hydrogen) atoms. The number of para-hydroxylation sites is 2. The van der Waals surface area contributed by atoms with Crippen molar-refractivity contribution in [3.8, 4) is 0 Å². The van der Waals surface area contributed by atoms with Gasteiger partial charge in [-0.1, -0.05) is 12.1 Å². The van der Waals surface area contributed by atoms with Crippen LogP contribution in [-0.2, 0) is 14.8 Å². The molecule has 2 amide bonds. The summed E-state index contributed by atoms with van der Waals surface area (Å²) in [7, 11) is -3.45. The number of amides is 2. The van der Waals surface area contributed by atoms with Crippen LogP contribution in [0.2, 0.25) is 0 Å². The van der Waals surface area contributed by atoms with Gasteiger partial charge in [0.25, 0.3) is 5.91 Å². The predicted molar refractivity (Wildman–Crippen MR) is 94.8 cm³/mol. The van der Waals surface area contributed by atoms with Gasteiger partial charge in [-0.2, -0.15) is 11.3 Å².